The number of carbonyl (C=O) groups is 1. The summed E-state index contributed by atoms with van der Waals surface area (Å²) >= 11 is 0. The molecule has 0 bridgehead atoms. The number of esters is 1. The molecule has 0 aliphatic rings. The minimum absolute atomic E-state index is 0.169. The number of carbonyl (C=O) groups excluding carboxylic acids is 1. The van der Waals surface area contributed by atoms with E-state index in [1.807, 2.05) is 6.92 Å². The lowest BCUT2D eigenvalue weighted by molar-refractivity contribution is -0.139. The quantitative estimate of drug-likeness (QED) is 0.574. The first-order chi connectivity index (χ1) is 5.66. The van der Waals surface area contributed by atoms with Crippen molar-refractivity contribution in [3.63, 3.8) is 0 Å². The van der Waals surface area contributed by atoms with Gasteiger partial charge in [0.1, 0.15) is 0 Å². The zero-order valence-corrected chi connectivity index (χ0v) is 8.30. The summed E-state index contributed by atoms with van der Waals surface area (Å²) in [7, 11) is 0. The van der Waals surface area contributed by atoms with Crippen LogP contribution in [0.3, 0.4) is 0 Å². The summed E-state index contributed by atoms with van der Waals surface area (Å²) in [5.74, 6) is 0.432. The molecule has 0 rings (SSSR count). The highest BCUT2D eigenvalue weighted by Gasteiger charge is 2.02. The lowest BCUT2D eigenvalue weighted by Gasteiger charge is -2.05. The lowest BCUT2D eigenvalue weighted by atomic mass is 10.1. The topological polar surface area (TPSA) is 26.3 Å². The fraction of sp³-hybridized carbons (Fsp3) is 0.800. The van der Waals surface area contributed by atoms with Crippen LogP contribution in [0.4, 0.5) is 0 Å². The van der Waals surface area contributed by atoms with Crippen molar-refractivity contribution in [1.82, 2.24) is 0 Å². The number of unbranched alkanes of at least 4 members (excludes halogenated alkanes) is 1. The smallest absolute Gasteiger partial charge is 0.309 e. The second kappa shape index (κ2) is 7.14. The summed E-state index contributed by atoms with van der Waals surface area (Å²) < 4.78 is 4.96. The van der Waals surface area contributed by atoms with Gasteiger partial charge in [-0.15, -0.1) is 0 Å². The van der Waals surface area contributed by atoms with Gasteiger partial charge in [0.15, 0.2) is 0 Å². The van der Waals surface area contributed by atoms with Gasteiger partial charge in [-0.25, -0.2) is 0 Å². The Labute approximate surface area is 75.3 Å². The maximum Gasteiger partial charge on any atom is 0.309 e. The predicted molar refractivity (Wildman–Crippen MR) is 49.6 cm³/mol. The maximum absolute atomic E-state index is 10.9. The van der Waals surface area contributed by atoms with Crippen LogP contribution in [0.25, 0.3) is 0 Å². The Morgan fingerprint density at radius 3 is 2.67 bits per heavy atom. The van der Waals surface area contributed by atoms with E-state index in [0.717, 1.165) is 19.3 Å². The Bertz CT molecular complexity index is 119. The zero-order valence-electron chi connectivity index (χ0n) is 8.30. The van der Waals surface area contributed by atoms with Crippen LogP contribution in [0.2, 0.25) is 0 Å². The minimum Gasteiger partial charge on any atom is -0.465 e. The molecule has 12 heavy (non-hydrogen) atoms. The van der Waals surface area contributed by atoms with E-state index in [4.69, 9.17) is 4.74 Å². The van der Waals surface area contributed by atoms with Crippen LogP contribution in [-0.4, -0.2) is 12.6 Å². The van der Waals surface area contributed by atoms with Crippen molar-refractivity contribution in [3.8, 4) is 0 Å². The molecule has 71 valence electrons. The van der Waals surface area contributed by atoms with Crippen molar-refractivity contribution in [2.75, 3.05) is 6.61 Å². The van der Waals surface area contributed by atoms with Crippen molar-refractivity contribution in [1.29, 1.82) is 0 Å². The van der Waals surface area contributed by atoms with Crippen molar-refractivity contribution in [3.05, 3.63) is 6.42 Å². The number of ether oxygens (including phenoxy) is 1. The fourth-order valence-electron chi connectivity index (χ4n) is 0.716. The summed E-state index contributed by atoms with van der Waals surface area (Å²) in [6.07, 6.45) is 4.38. The molecule has 0 aromatic heterocycles. The normalized spacial score (nSPS) is 10.3. The van der Waals surface area contributed by atoms with E-state index in [0.29, 0.717) is 12.5 Å². The lowest BCUT2D eigenvalue weighted by Crippen LogP contribution is -2.07. The molecule has 0 amide bonds. The molecule has 2 nitrogen and oxygen atoms in total. The molecular formula is C10H19O2. The summed E-state index contributed by atoms with van der Waals surface area (Å²) in [6, 6.07) is 0. The molecular weight excluding hydrogens is 152 g/mol. The van der Waals surface area contributed by atoms with Crippen LogP contribution in [0.5, 0.6) is 0 Å². The first-order valence-electron chi connectivity index (χ1n) is 4.66. The van der Waals surface area contributed by atoms with Gasteiger partial charge in [0.2, 0.25) is 0 Å². The molecule has 0 aromatic rings. The van der Waals surface area contributed by atoms with Gasteiger partial charge in [0, 0.05) is 0 Å². The summed E-state index contributed by atoms with van der Waals surface area (Å²) in [6.45, 7) is 6.82. The van der Waals surface area contributed by atoms with Crippen LogP contribution < -0.4 is 0 Å². The molecule has 0 saturated heterocycles. The van der Waals surface area contributed by atoms with Crippen molar-refractivity contribution < 1.29 is 9.53 Å². The van der Waals surface area contributed by atoms with E-state index in [9.17, 15) is 4.79 Å². The van der Waals surface area contributed by atoms with Gasteiger partial charge >= 0.3 is 5.97 Å². The van der Waals surface area contributed by atoms with Crippen LogP contribution in [0.15, 0.2) is 0 Å². The Balaban J connectivity index is 3.20. The monoisotopic (exact) mass is 171 g/mol. The fourth-order valence-corrected chi connectivity index (χ4v) is 0.716. The van der Waals surface area contributed by atoms with E-state index < -0.39 is 0 Å². The summed E-state index contributed by atoms with van der Waals surface area (Å²) in [5.41, 5.74) is 0. The second-order valence-electron chi connectivity index (χ2n) is 3.34. The Morgan fingerprint density at radius 2 is 2.17 bits per heavy atom. The van der Waals surface area contributed by atoms with Crippen LogP contribution in [0, 0.1) is 12.3 Å². The van der Waals surface area contributed by atoms with Gasteiger partial charge in [0.05, 0.1) is 13.0 Å². The molecule has 0 unspecified atom stereocenters. The SMILES string of the molecule is CCC[CH]C(=O)OCCC(C)C. The van der Waals surface area contributed by atoms with E-state index in [1.165, 1.54) is 0 Å². The van der Waals surface area contributed by atoms with E-state index >= 15 is 0 Å². The third-order valence-electron chi connectivity index (χ3n) is 1.54. The van der Waals surface area contributed by atoms with Gasteiger partial charge in [-0.3, -0.25) is 4.79 Å². The molecule has 0 heterocycles. The average molecular weight is 171 g/mol. The Morgan fingerprint density at radius 1 is 1.50 bits per heavy atom. The number of hydrogen-bond donors (Lipinski definition) is 0. The number of rotatable bonds is 6. The highest BCUT2D eigenvalue weighted by Crippen LogP contribution is 2.01. The molecule has 0 spiro atoms. The zero-order chi connectivity index (χ0) is 9.40. The second-order valence-corrected chi connectivity index (χ2v) is 3.34. The van der Waals surface area contributed by atoms with E-state index in [2.05, 4.69) is 13.8 Å². The van der Waals surface area contributed by atoms with Crippen LogP contribution in [0.1, 0.15) is 40.0 Å². The molecule has 1 radical (unpaired) electrons. The molecule has 0 fully saturated rings. The van der Waals surface area contributed by atoms with E-state index in [-0.39, 0.29) is 5.97 Å². The Hall–Kier alpha value is -0.530. The third-order valence-corrected chi connectivity index (χ3v) is 1.54. The van der Waals surface area contributed by atoms with Crippen LogP contribution >= 0.6 is 0 Å². The predicted octanol–water partition coefficient (Wildman–Crippen LogP) is 2.58. The molecule has 0 aromatic carbocycles. The molecule has 0 saturated carbocycles. The van der Waals surface area contributed by atoms with Crippen LogP contribution in [-0.2, 0) is 9.53 Å². The average Bonchev–Trinajstić information content (AvgIpc) is 2.00. The van der Waals surface area contributed by atoms with Crippen molar-refractivity contribution >= 4 is 5.97 Å². The van der Waals surface area contributed by atoms with E-state index in [1.54, 1.807) is 6.42 Å². The Kier molecular flexibility index (Phi) is 6.82. The molecule has 0 aliphatic carbocycles. The maximum atomic E-state index is 10.9. The molecule has 2 heteroatoms. The minimum atomic E-state index is -0.169. The van der Waals surface area contributed by atoms with Crippen molar-refractivity contribution in [2.45, 2.75) is 40.0 Å². The number of hydrogen-bond acceptors (Lipinski definition) is 2. The largest absolute Gasteiger partial charge is 0.465 e. The van der Waals surface area contributed by atoms with Gasteiger partial charge in [-0.05, 0) is 18.8 Å². The summed E-state index contributed by atoms with van der Waals surface area (Å²) in [4.78, 5) is 10.9. The molecule has 0 atom stereocenters. The van der Waals surface area contributed by atoms with Gasteiger partial charge in [-0.2, -0.15) is 0 Å². The highest BCUT2D eigenvalue weighted by molar-refractivity contribution is 5.78. The molecule has 0 aliphatic heterocycles. The first kappa shape index (κ1) is 11.5. The first-order valence-corrected chi connectivity index (χ1v) is 4.66. The van der Waals surface area contributed by atoms with Gasteiger partial charge in [0.25, 0.3) is 0 Å². The molecule has 0 N–H and O–H groups in total. The third kappa shape index (κ3) is 7.58. The van der Waals surface area contributed by atoms with Gasteiger partial charge < -0.3 is 4.74 Å². The summed E-state index contributed by atoms with van der Waals surface area (Å²) in [5, 5.41) is 0. The van der Waals surface area contributed by atoms with Gasteiger partial charge in [-0.1, -0.05) is 27.2 Å². The highest BCUT2D eigenvalue weighted by atomic mass is 16.5. The standard InChI is InChI=1S/C10H19O2/c1-4-5-6-10(11)12-8-7-9(2)3/h6,9H,4-5,7-8H2,1-3H3. The van der Waals surface area contributed by atoms with Crippen molar-refractivity contribution in [2.24, 2.45) is 5.92 Å².